The highest BCUT2D eigenvalue weighted by Crippen LogP contribution is 2.24. The summed E-state index contributed by atoms with van der Waals surface area (Å²) in [5.74, 6) is 1.10. The molecule has 4 rings (SSSR count). The van der Waals surface area contributed by atoms with E-state index < -0.39 is 0 Å². The molecule has 7 heteroatoms. The smallest absolute Gasteiger partial charge is 0.251 e. The Labute approximate surface area is 160 Å². The maximum atomic E-state index is 12.9. The number of para-hydroxylation sites is 1. The lowest BCUT2D eigenvalue weighted by molar-refractivity contribution is 0.0955. The largest absolute Gasteiger partial charge is 0.461 e. The van der Waals surface area contributed by atoms with E-state index in [0.29, 0.717) is 36.1 Å². The number of rotatable bonds is 6. The molecule has 0 atom stereocenters. The van der Waals surface area contributed by atoms with Gasteiger partial charge < -0.3 is 15.1 Å². The predicted octanol–water partition coefficient (Wildman–Crippen LogP) is 3.87. The van der Waals surface area contributed by atoms with Crippen molar-refractivity contribution in [3.05, 3.63) is 78.3 Å². The van der Waals surface area contributed by atoms with Crippen LogP contribution in [0, 0.1) is 5.82 Å². The molecule has 0 aliphatic rings. The Kier molecular flexibility index (Phi) is 4.97. The number of furan rings is 1. The van der Waals surface area contributed by atoms with Crippen LogP contribution in [0.25, 0.3) is 22.5 Å². The third-order valence-electron chi connectivity index (χ3n) is 4.15. The number of anilines is 1. The second kappa shape index (κ2) is 7.87. The highest BCUT2D eigenvalue weighted by Gasteiger charge is 2.11. The van der Waals surface area contributed by atoms with Crippen LogP contribution in [0.1, 0.15) is 10.4 Å². The van der Waals surface area contributed by atoms with Gasteiger partial charge in [-0.1, -0.05) is 12.1 Å². The Bertz CT molecular complexity index is 1100. The molecule has 2 aromatic heterocycles. The summed E-state index contributed by atoms with van der Waals surface area (Å²) < 4.78 is 18.3. The van der Waals surface area contributed by atoms with Gasteiger partial charge in [-0.05, 0) is 48.5 Å². The van der Waals surface area contributed by atoms with E-state index >= 15 is 0 Å². The molecule has 0 saturated heterocycles. The van der Waals surface area contributed by atoms with Gasteiger partial charge in [0.15, 0.2) is 11.6 Å². The summed E-state index contributed by atoms with van der Waals surface area (Å²) in [6, 6.07) is 16.7. The van der Waals surface area contributed by atoms with Gasteiger partial charge in [0.05, 0.1) is 11.8 Å². The van der Waals surface area contributed by atoms with Crippen molar-refractivity contribution < 1.29 is 13.6 Å². The first-order valence-electron chi connectivity index (χ1n) is 8.79. The molecule has 28 heavy (non-hydrogen) atoms. The van der Waals surface area contributed by atoms with Crippen molar-refractivity contribution in [1.29, 1.82) is 0 Å². The first-order valence-corrected chi connectivity index (χ1v) is 8.79. The molecule has 0 aliphatic heterocycles. The highest BCUT2D eigenvalue weighted by molar-refractivity contribution is 5.94. The zero-order valence-electron chi connectivity index (χ0n) is 14.9. The molecular formula is C21H17FN4O2. The van der Waals surface area contributed by atoms with Crippen LogP contribution in [0.15, 0.2) is 71.3 Å². The van der Waals surface area contributed by atoms with E-state index in [9.17, 15) is 9.18 Å². The van der Waals surface area contributed by atoms with Gasteiger partial charge in [-0.25, -0.2) is 14.4 Å². The van der Waals surface area contributed by atoms with Crippen LogP contribution in [0.5, 0.6) is 0 Å². The van der Waals surface area contributed by atoms with Gasteiger partial charge in [-0.2, -0.15) is 0 Å². The van der Waals surface area contributed by atoms with Crippen LogP contribution in [0.2, 0.25) is 0 Å². The fourth-order valence-electron chi connectivity index (χ4n) is 2.79. The van der Waals surface area contributed by atoms with Crippen LogP contribution in [-0.2, 0) is 0 Å². The number of nitrogens with zero attached hydrogens (tertiary/aromatic N) is 2. The lowest BCUT2D eigenvalue weighted by atomic mass is 10.2. The van der Waals surface area contributed by atoms with Crippen molar-refractivity contribution in [1.82, 2.24) is 15.3 Å². The Morgan fingerprint density at radius 2 is 1.79 bits per heavy atom. The van der Waals surface area contributed by atoms with Gasteiger partial charge in [-0.3, -0.25) is 4.79 Å². The zero-order valence-corrected chi connectivity index (χ0v) is 14.9. The van der Waals surface area contributed by atoms with E-state index in [1.165, 1.54) is 24.3 Å². The van der Waals surface area contributed by atoms with Crippen molar-refractivity contribution in [2.45, 2.75) is 0 Å². The molecule has 2 heterocycles. The number of carbonyl (C=O) groups excluding carboxylic acids is 1. The predicted molar refractivity (Wildman–Crippen MR) is 104 cm³/mol. The summed E-state index contributed by atoms with van der Waals surface area (Å²) in [6.07, 6.45) is 1.58. The summed E-state index contributed by atoms with van der Waals surface area (Å²) in [4.78, 5) is 21.2. The Hall–Kier alpha value is -3.74. The molecular weight excluding hydrogens is 359 g/mol. The van der Waals surface area contributed by atoms with Crippen LogP contribution < -0.4 is 10.6 Å². The van der Waals surface area contributed by atoms with Crippen LogP contribution >= 0.6 is 0 Å². The molecule has 6 nitrogen and oxygen atoms in total. The Morgan fingerprint density at radius 3 is 2.57 bits per heavy atom. The van der Waals surface area contributed by atoms with Crippen molar-refractivity contribution in [2.75, 3.05) is 18.4 Å². The topological polar surface area (TPSA) is 80.0 Å². The van der Waals surface area contributed by atoms with Crippen molar-refractivity contribution >= 4 is 22.6 Å². The third kappa shape index (κ3) is 3.83. The summed E-state index contributed by atoms with van der Waals surface area (Å²) in [5.41, 5.74) is 1.20. The Morgan fingerprint density at radius 1 is 0.964 bits per heavy atom. The van der Waals surface area contributed by atoms with E-state index in [1.54, 1.807) is 18.4 Å². The van der Waals surface area contributed by atoms with Crippen LogP contribution in [0.3, 0.4) is 0 Å². The van der Waals surface area contributed by atoms with E-state index in [2.05, 4.69) is 20.6 Å². The number of aromatic nitrogens is 2. The van der Waals surface area contributed by atoms with Crippen molar-refractivity contribution in [2.24, 2.45) is 0 Å². The van der Waals surface area contributed by atoms with Gasteiger partial charge in [0, 0.05) is 24.0 Å². The third-order valence-corrected chi connectivity index (χ3v) is 4.15. The van der Waals surface area contributed by atoms with Gasteiger partial charge in [0.25, 0.3) is 5.91 Å². The molecule has 0 bridgehead atoms. The quantitative estimate of drug-likeness (QED) is 0.500. The van der Waals surface area contributed by atoms with E-state index in [4.69, 9.17) is 4.42 Å². The lowest BCUT2D eigenvalue weighted by Crippen LogP contribution is -2.29. The summed E-state index contributed by atoms with van der Waals surface area (Å²) in [6.45, 7) is 0.843. The van der Waals surface area contributed by atoms with Crippen LogP contribution in [0.4, 0.5) is 10.2 Å². The molecule has 140 valence electrons. The normalized spacial score (nSPS) is 10.8. The Balaban J connectivity index is 1.45. The first kappa shape index (κ1) is 17.7. The monoisotopic (exact) mass is 376 g/mol. The van der Waals surface area contributed by atoms with Gasteiger partial charge >= 0.3 is 0 Å². The molecule has 0 fully saturated rings. The minimum atomic E-state index is -0.374. The number of hydrogen-bond donors (Lipinski definition) is 2. The lowest BCUT2D eigenvalue weighted by Gasteiger charge is -2.11. The highest BCUT2D eigenvalue weighted by atomic mass is 19.1. The molecule has 4 aromatic rings. The summed E-state index contributed by atoms with van der Waals surface area (Å²) in [7, 11) is 0. The maximum absolute atomic E-state index is 12.9. The second-order valence-corrected chi connectivity index (χ2v) is 6.08. The maximum Gasteiger partial charge on any atom is 0.251 e. The number of carbonyl (C=O) groups is 1. The van der Waals surface area contributed by atoms with Gasteiger partial charge in [-0.15, -0.1) is 0 Å². The molecule has 2 N–H and O–H groups in total. The van der Waals surface area contributed by atoms with Gasteiger partial charge in [0.2, 0.25) is 0 Å². The number of benzene rings is 2. The zero-order chi connectivity index (χ0) is 19.3. The molecule has 0 saturated carbocycles. The fraction of sp³-hybridized carbons (Fsp3) is 0.0952. The molecule has 0 aliphatic carbocycles. The van der Waals surface area contributed by atoms with E-state index in [1.807, 2.05) is 24.3 Å². The average Bonchev–Trinajstić information content (AvgIpc) is 3.26. The number of nitrogens with one attached hydrogen (secondary N) is 2. The summed E-state index contributed by atoms with van der Waals surface area (Å²) >= 11 is 0. The average molecular weight is 376 g/mol. The molecule has 2 aromatic carbocycles. The first-order chi connectivity index (χ1) is 13.7. The summed E-state index contributed by atoms with van der Waals surface area (Å²) in [5, 5.41) is 6.91. The fourth-order valence-corrected chi connectivity index (χ4v) is 2.79. The number of amides is 1. The number of hydrogen-bond acceptors (Lipinski definition) is 5. The van der Waals surface area contributed by atoms with Crippen LogP contribution in [-0.4, -0.2) is 29.0 Å². The van der Waals surface area contributed by atoms with E-state index in [-0.39, 0.29) is 11.7 Å². The molecule has 0 radical (unpaired) electrons. The van der Waals surface area contributed by atoms with Crippen molar-refractivity contribution in [3.63, 3.8) is 0 Å². The number of fused-ring (bicyclic) bond motifs is 1. The molecule has 1 amide bonds. The SMILES string of the molecule is O=C(NCCNc1nc(-c2ccco2)nc2ccccc12)c1ccc(F)cc1. The molecule has 0 spiro atoms. The van der Waals surface area contributed by atoms with Crippen molar-refractivity contribution in [3.8, 4) is 11.6 Å². The van der Waals surface area contributed by atoms with E-state index in [0.717, 1.165) is 10.9 Å². The minimum absolute atomic E-state index is 0.259. The minimum Gasteiger partial charge on any atom is -0.461 e. The number of halogens is 1. The second-order valence-electron chi connectivity index (χ2n) is 6.08. The molecule has 0 unspecified atom stereocenters. The standard InChI is InChI=1S/C21H17FN4O2/c22-15-9-7-14(8-10-15)21(27)24-12-11-23-19-16-4-1-2-5-17(16)25-20(26-19)18-6-3-13-28-18/h1-10,13H,11-12H2,(H,24,27)(H,23,25,26). The van der Waals surface area contributed by atoms with Gasteiger partial charge in [0.1, 0.15) is 11.6 Å².